The van der Waals surface area contributed by atoms with E-state index in [1.165, 1.54) is 37.8 Å². The minimum Gasteiger partial charge on any atom is -0.355 e. The van der Waals surface area contributed by atoms with Crippen molar-refractivity contribution in [1.29, 1.82) is 0 Å². The number of hydrogen-bond donors (Lipinski definition) is 0. The van der Waals surface area contributed by atoms with Crippen LogP contribution in [0.1, 0.15) is 41.6 Å². The molecule has 3 heterocycles. The summed E-state index contributed by atoms with van der Waals surface area (Å²) in [6.45, 7) is 4.19. The molecule has 6 nitrogen and oxygen atoms in total. The number of piperazine rings is 1. The molecular formula is C22H26F3N5O. The van der Waals surface area contributed by atoms with Gasteiger partial charge in [0.2, 0.25) is 0 Å². The van der Waals surface area contributed by atoms with Crippen molar-refractivity contribution in [2.45, 2.75) is 31.9 Å². The number of alkyl halides is 3. The Morgan fingerprint density at radius 2 is 1.23 bits per heavy atom. The maximum Gasteiger partial charge on any atom is 0.416 e. The van der Waals surface area contributed by atoms with Gasteiger partial charge >= 0.3 is 6.18 Å². The van der Waals surface area contributed by atoms with Gasteiger partial charge in [0, 0.05) is 44.8 Å². The Bertz CT molecular complexity index is 870. The predicted molar refractivity (Wildman–Crippen MR) is 112 cm³/mol. The van der Waals surface area contributed by atoms with Crippen LogP contribution in [-0.2, 0) is 6.18 Å². The van der Waals surface area contributed by atoms with Crippen LogP contribution in [0.3, 0.4) is 0 Å². The Kier molecular flexibility index (Phi) is 6.29. The van der Waals surface area contributed by atoms with Crippen molar-refractivity contribution >= 4 is 17.5 Å². The quantitative estimate of drug-likeness (QED) is 0.736. The third-order valence-corrected chi connectivity index (χ3v) is 5.92. The first-order valence-electron chi connectivity index (χ1n) is 10.7. The van der Waals surface area contributed by atoms with E-state index >= 15 is 0 Å². The van der Waals surface area contributed by atoms with Gasteiger partial charge in [0.15, 0.2) is 11.6 Å². The number of nitrogens with zero attached hydrogens (tertiary/aromatic N) is 5. The molecule has 0 bridgehead atoms. The summed E-state index contributed by atoms with van der Waals surface area (Å²) < 4.78 is 38.1. The first-order chi connectivity index (χ1) is 14.9. The van der Waals surface area contributed by atoms with Crippen LogP contribution < -0.4 is 9.80 Å². The lowest BCUT2D eigenvalue weighted by atomic mass is 10.1. The number of aromatic nitrogens is 2. The zero-order chi connectivity index (χ0) is 21.8. The fraction of sp³-hybridized carbons (Fsp3) is 0.500. The molecule has 2 aliphatic heterocycles. The van der Waals surface area contributed by atoms with Crippen LogP contribution in [0.15, 0.2) is 36.4 Å². The molecule has 31 heavy (non-hydrogen) atoms. The summed E-state index contributed by atoms with van der Waals surface area (Å²) in [5.41, 5.74) is -0.487. The predicted octanol–water partition coefficient (Wildman–Crippen LogP) is 3.84. The fourth-order valence-corrected chi connectivity index (χ4v) is 4.08. The topological polar surface area (TPSA) is 52.6 Å². The summed E-state index contributed by atoms with van der Waals surface area (Å²) in [4.78, 5) is 18.7. The molecule has 2 fully saturated rings. The van der Waals surface area contributed by atoms with Crippen LogP contribution >= 0.6 is 0 Å². The molecule has 1 amide bonds. The third kappa shape index (κ3) is 5.08. The van der Waals surface area contributed by atoms with Crippen molar-refractivity contribution in [3.05, 3.63) is 47.5 Å². The molecule has 0 N–H and O–H groups in total. The van der Waals surface area contributed by atoms with E-state index in [0.717, 1.165) is 36.9 Å². The fourth-order valence-electron chi connectivity index (χ4n) is 4.08. The van der Waals surface area contributed by atoms with Crippen molar-refractivity contribution < 1.29 is 18.0 Å². The SMILES string of the molecule is O=C(c1ccc(C(F)(F)F)cc1)N1CCN(c2ccc(N3CCCCCC3)nn2)CC1. The van der Waals surface area contributed by atoms with Crippen molar-refractivity contribution in [3.63, 3.8) is 0 Å². The van der Waals surface area contributed by atoms with E-state index in [1.807, 2.05) is 12.1 Å². The van der Waals surface area contributed by atoms with Gasteiger partial charge in [-0.3, -0.25) is 4.79 Å². The number of halogens is 3. The molecule has 0 aliphatic carbocycles. The molecule has 0 radical (unpaired) electrons. The maximum absolute atomic E-state index is 12.7. The smallest absolute Gasteiger partial charge is 0.355 e. The lowest BCUT2D eigenvalue weighted by Crippen LogP contribution is -2.49. The normalized spacial score (nSPS) is 18.1. The maximum atomic E-state index is 12.7. The minimum absolute atomic E-state index is 0.254. The molecule has 0 saturated carbocycles. The van der Waals surface area contributed by atoms with Crippen molar-refractivity contribution in [3.8, 4) is 0 Å². The second-order valence-electron chi connectivity index (χ2n) is 8.01. The summed E-state index contributed by atoms with van der Waals surface area (Å²) in [5.74, 6) is 1.43. The van der Waals surface area contributed by atoms with Crippen molar-refractivity contribution in [1.82, 2.24) is 15.1 Å². The highest BCUT2D eigenvalue weighted by atomic mass is 19.4. The van der Waals surface area contributed by atoms with Gasteiger partial charge in [0.05, 0.1) is 5.56 Å². The third-order valence-electron chi connectivity index (χ3n) is 5.92. The van der Waals surface area contributed by atoms with Gasteiger partial charge in [-0.15, -0.1) is 10.2 Å². The second kappa shape index (κ2) is 9.11. The van der Waals surface area contributed by atoms with Crippen LogP contribution in [0.5, 0.6) is 0 Å². The molecule has 2 saturated heterocycles. The summed E-state index contributed by atoms with van der Waals surface area (Å²) in [7, 11) is 0. The number of anilines is 2. The first-order valence-corrected chi connectivity index (χ1v) is 10.7. The number of rotatable bonds is 3. The summed E-state index contributed by atoms with van der Waals surface area (Å²) >= 11 is 0. The molecule has 0 spiro atoms. The van der Waals surface area contributed by atoms with E-state index in [9.17, 15) is 18.0 Å². The van der Waals surface area contributed by atoms with Crippen LogP contribution in [0.2, 0.25) is 0 Å². The van der Waals surface area contributed by atoms with Crippen molar-refractivity contribution in [2.24, 2.45) is 0 Å². The highest BCUT2D eigenvalue weighted by molar-refractivity contribution is 5.94. The largest absolute Gasteiger partial charge is 0.416 e. The molecule has 166 valence electrons. The van der Waals surface area contributed by atoms with E-state index in [-0.39, 0.29) is 11.5 Å². The van der Waals surface area contributed by atoms with Crippen LogP contribution in [0, 0.1) is 0 Å². The average molecular weight is 433 g/mol. The number of hydrogen-bond acceptors (Lipinski definition) is 5. The Morgan fingerprint density at radius 3 is 1.71 bits per heavy atom. The minimum atomic E-state index is -4.41. The van der Waals surface area contributed by atoms with Gasteiger partial charge in [0.1, 0.15) is 0 Å². The van der Waals surface area contributed by atoms with Crippen LogP contribution in [0.25, 0.3) is 0 Å². The van der Waals surface area contributed by atoms with Gasteiger partial charge < -0.3 is 14.7 Å². The van der Waals surface area contributed by atoms with E-state index in [4.69, 9.17) is 0 Å². The summed E-state index contributed by atoms with van der Waals surface area (Å²) in [6.07, 6.45) is 0.475. The molecule has 0 unspecified atom stereocenters. The average Bonchev–Trinajstić information content (AvgIpc) is 3.08. The first kappa shape index (κ1) is 21.4. The van der Waals surface area contributed by atoms with Crippen LogP contribution in [-0.4, -0.2) is 60.3 Å². The Labute approximate surface area is 179 Å². The molecule has 2 aliphatic rings. The Hall–Kier alpha value is -2.84. The molecule has 9 heteroatoms. The highest BCUT2D eigenvalue weighted by Gasteiger charge is 2.31. The van der Waals surface area contributed by atoms with E-state index in [0.29, 0.717) is 26.2 Å². The monoisotopic (exact) mass is 433 g/mol. The van der Waals surface area contributed by atoms with Gasteiger partial charge in [-0.25, -0.2) is 0 Å². The van der Waals surface area contributed by atoms with Gasteiger partial charge in [-0.05, 0) is 49.2 Å². The summed E-state index contributed by atoms with van der Waals surface area (Å²) in [6, 6.07) is 8.36. The zero-order valence-electron chi connectivity index (χ0n) is 17.3. The number of benzene rings is 1. The lowest BCUT2D eigenvalue weighted by Gasteiger charge is -2.35. The van der Waals surface area contributed by atoms with Gasteiger partial charge in [-0.2, -0.15) is 13.2 Å². The molecule has 4 rings (SSSR count). The number of amides is 1. The molecule has 2 aromatic rings. The van der Waals surface area contributed by atoms with E-state index < -0.39 is 11.7 Å². The molecule has 1 aromatic carbocycles. The van der Waals surface area contributed by atoms with Crippen molar-refractivity contribution in [2.75, 3.05) is 49.1 Å². The molecule has 1 aromatic heterocycles. The zero-order valence-corrected chi connectivity index (χ0v) is 17.3. The second-order valence-corrected chi connectivity index (χ2v) is 8.01. The number of carbonyl (C=O) groups is 1. The van der Waals surface area contributed by atoms with Gasteiger partial charge in [-0.1, -0.05) is 12.8 Å². The Morgan fingerprint density at radius 1 is 0.710 bits per heavy atom. The van der Waals surface area contributed by atoms with E-state index in [2.05, 4.69) is 20.0 Å². The molecule has 0 atom stereocenters. The van der Waals surface area contributed by atoms with Gasteiger partial charge in [0.25, 0.3) is 5.91 Å². The van der Waals surface area contributed by atoms with Crippen LogP contribution in [0.4, 0.5) is 24.8 Å². The standard InChI is InChI=1S/C22H26F3N5O/c23-22(24,25)18-7-5-17(6-8-18)21(31)30-15-13-29(14-16-30)20-10-9-19(26-27-20)28-11-3-1-2-4-12-28/h5-10H,1-4,11-16H2. The molecular weight excluding hydrogens is 407 g/mol. The summed E-state index contributed by atoms with van der Waals surface area (Å²) in [5, 5.41) is 8.80. The Balaban J connectivity index is 1.33. The lowest BCUT2D eigenvalue weighted by molar-refractivity contribution is -0.137. The van der Waals surface area contributed by atoms with E-state index in [1.54, 1.807) is 4.90 Å². The number of carbonyl (C=O) groups excluding carboxylic acids is 1. The highest BCUT2D eigenvalue weighted by Crippen LogP contribution is 2.29.